The van der Waals surface area contributed by atoms with Gasteiger partial charge < -0.3 is 14.7 Å². The van der Waals surface area contributed by atoms with E-state index in [4.69, 9.17) is 0 Å². The molecule has 10 heteroatoms. The number of amides is 3. The molecule has 2 saturated heterocycles. The van der Waals surface area contributed by atoms with Gasteiger partial charge in [0.05, 0.1) is 34.3 Å². The first-order valence-electron chi connectivity index (χ1n) is 8.04. The maximum Gasteiger partial charge on any atom is 0.319 e. The van der Waals surface area contributed by atoms with E-state index in [0.717, 1.165) is 5.01 Å². The lowest BCUT2D eigenvalue weighted by Gasteiger charge is -2.44. The number of carbonyl (C=O) groups excluding carboxylic acids is 2. The third kappa shape index (κ3) is 3.24. The lowest BCUT2D eigenvalue weighted by Crippen LogP contribution is -2.63. The number of sulfone groups is 1. The van der Waals surface area contributed by atoms with E-state index >= 15 is 0 Å². The molecule has 0 N–H and O–H groups in total. The summed E-state index contributed by atoms with van der Waals surface area (Å²) in [6.45, 7) is 4.28. The number of aromatic nitrogens is 1. The van der Waals surface area contributed by atoms with Crippen LogP contribution in [0.2, 0.25) is 0 Å². The van der Waals surface area contributed by atoms with Gasteiger partial charge in [-0.15, -0.1) is 11.3 Å². The Kier molecular flexibility index (Phi) is 4.52. The first-order valence-corrected chi connectivity index (χ1v) is 10.7. The van der Waals surface area contributed by atoms with Crippen LogP contribution in [0.25, 0.3) is 0 Å². The second-order valence-corrected chi connectivity index (χ2v) is 10.1. The Hall–Kier alpha value is -1.68. The molecule has 2 aliphatic rings. The van der Waals surface area contributed by atoms with Gasteiger partial charge >= 0.3 is 6.03 Å². The zero-order valence-electron chi connectivity index (χ0n) is 14.7. The van der Waals surface area contributed by atoms with Crippen LogP contribution in [0, 0.1) is 13.8 Å². The lowest BCUT2D eigenvalue weighted by molar-refractivity contribution is 0.0396. The van der Waals surface area contributed by atoms with Gasteiger partial charge in [-0.3, -0.25) is 4.79 Å². The van der Waals surface area contributed by atoms with E-state index < -0.39 is 21.9 Å². The Bertz CT molecular complexity index is 817. The van der Waals surface area contributed by atoms with Crippen LogP contribution in [0.5, 0.6) is 0 Å². The summed E-state index contributed by atoms with van der Waals surface area (Å²) in [4.78, 5) is 34.9. The van der Waals surface area contributed by atoms with Crippen molar-refractivity contribution in [2.24, 2.45) is 0 Å². The molecule has 1 aromatic rings. The third-order valence-corrected chi connectivity index (χ3v) is 7.42. The van der Waals surface area contributed by atoms with Crippen molar-refractivity contribution in [1.82, 2.24) is 19.7 Å². The highest BCUT2D eigenvalue weighted by Gasteiger charge is 2.50. The van der Waals surface area contributed by atoms with Crippen LogP contribution < -0.4 is 0 Å². The van der Waals surface area contributed by atoms with E-state index in [1.807, 2.05) is 6.92 Å². The highest BCUT2D eigenvalue weighted by molar-refractivity contribution is 7.91. The molecule has 0 radical (unpaired) electrons. The summed E-state index contributed by atoms with van der Waals surface area (Å²) < 4.78 is 24.4. The number of hydrogen-bond donors (Lipinski definition) is 0. The maximum absolute atomic E-state index is 13.0. The fourth-order valence-electron chi connectivity index (χ4n) is 3.56. The summed E-state index contributed by atoms with van der Waals surface area (Å²) >= 11 is 1.32. The predicted octanol–water partition coefficient (Wildman–Crippen LogP) is 0.365. The van der Waals surface area contributed by atoms with Crippen LogP contribution >= 0.6 is 11.3 Å². The van der Waals surface area contributed by atoms with Crippen molar-refractivity contribution in [2.45, 2.75) is 25.9 Å². The van der Waals surface area contributed by atoms with Crippen LogP contribution in [0.1, 0.15) is 20.4 Å². The monoisotopic (exact) mass is 386 g/mol. The number of carbonyl (C=O) groups is 2. The van der Waals surface area contributed by atoms with E-state index in [2.05, 4.69) is 4.98 Å². The molecular weight excluding hydrogens is 364 g/mol. The van der Waals surface area contributed by atoms with Crippen molar-refractivity contribution < 1.29 is 18.0 Å². The van der Waals surface area contributed by atoms with E-state index in [9.17, 15) is 18.0 Å². The average molecular weight is 386 g/mol. The Balaban J connectivity index is 1.92. The second kappa shape index (κ2) is 6.24. The van der Waals surface area contributed by atoms with Crippen LogP contribution in [0.4, 0.5) is 4.79 Å². The number of thiazole rings is 1. The molecular formula is C15H22N4O4S2. The SMILES string of the molecule is Cc1nc(C)c(C(=O)N2CCN(C(=O)N(C)C)[C@H]3CS(=O)(=O)C[C@H]32)s1. The van der Waals surface area contributed by atoms with Gasteiger partial charge in [0, 0.05) is 27.2 Å². The zero-order chi connectivity index (χ0) is 18.5. The molecule has 3 rings (SSSR count). The lowest BCUT2D eigenvalue weighted by atomic mass is 10.0. The van der Waals surface area contributed by atoms with Crippen molar-refractivity contribution in [2.75, 3.05) is 38.7 Å². The number of urea groups is 1. The minimum Gasteiger partial charge on any atom is -0.331 e. The van der Waals surface area contributed by atoms with Crippen molar-refractivity contribution >= 4 is 33.1 Å². The Morgan fingerprint density at radius 1 is 1.12 bits per heavy atom. The molecule has 0 bridgehead atoms. The molecule has 1 aromatic heterocycles. The topological polar surface area (TPSA) is 90.9 Å². The smallest absolute Gasteiger partial charge is 0.319 e. The minimum absolute atomic E-state index is 0.0955. The summed E-state index contributed by atoms with van der Waals surface area (Å²) in [6, 6.07) is -1.21. The normalized spacial score (nSPS) is 25.0. The molecule has 0 aromatic carbocycles. The van der Waals surface area contributed by atoms with Crippen LogP contribution in [-0.2, 0) is 9.84 Å². The zero-order valence-corrected chi connectivity index (χ0v) is 16.4. The van der Waals surface area contributed by atoms with E-state index in [1.165, 1.54) is 16.2 Å². The molecule has 8 nitrogen and oxygen atoms in total. The Morgan fingerprint density at radius 2 is 1.68 bits per heavy atom. The standard InChI is InChI=1S/C15H22N4O4S2/c1-9-13(24-10(2)16-9)14(20)18-5-6-19(15(21)17(3)4)12-8-25(22,23)7-11(12)18/h11-12H,5-8H2,1-4H3/t11-,12+/m1/s1. The molecule has 3 heterocycles. The molecule has 2 aliphatic heterocycles. The summed E-state index contributed by atoms with van der Waals surface area (Å²) in [5, 5.41) is 0.804. The van der Waals surface area contributed by atoms with Crippen molar-refractivity contribution in [3.8, 4) is 0 Å². The Morgan fingerprint density at radius 3 is 2.20 bits per heavy atom. The van der Waals surface area contributed by atoms with Gasteiger partial charge in [-0.1, -0.05) is 0 Å². The van der Waals surface area contributed by atoms with E-state index in [1.54, 1.807) is 30.8 Å². The van der Waals surface area contributed by atoms with Gasteiger partial charge in [-0.2, -0.15) is 0 Å². The third-order valence-electron chi connectivity index (χ3n) is 4.66. The van der Waals surface area contributed by atoms with Gasteiger partial charge in [0.2, 0.25) is 0 Å². The fraction of sp³-hybridized carbons (Fsp3) is 0.667. The molecule has 0 saturated carbocycles. The van der Waals surface area contributed by atoms with Gasteiger partial charge in [0.15, 0.2) is 9.84 Å². The number of hydrogen-bond acceptors (Lipinski definition) is 6. The van der Waals surface area contributed by atoms with Crippen molar-refractivity contribution in [3.05, 3.63) is 15.6 Å². The summed E-state index contributed by atoms with van der Waals surface area (Å²) in [5.41, 5.74) is 0.664. The maximum atomic E-state index is 13.0. The van der Waals surface area contributed by atoms with E-state index in [0.29, 0.717) is 23.7 Å². The predicted molar refractivity (Wildman–Crippen MR) is 94.6 cm³/mol. The molecule has 0 unspecified atom stereocenters. The number of rotatable bonds is 1. The molecule has 0 aliphatic carbocycles. The molecule has 0 spiro atoms. The van der Waals surface area contributed by atoms with Crippen molar-refractivity contribution in [3.63, 3.8) is 0 Å². The largest absolute Gasteiger partial charge is 0.331 e. The number of aryl methyl sites for hydroxylation is 2. The van der Waals surface area contributed by atoms with Crippen LogP contribution in [-0.4, -0.2) is 90.8 Å². The summed E-state index contributed by atoms with van der Waals surface area (Å²) in [6.07, 6.45) is 0. The van der Waals surface area contributed by atoms with Crippen molar-refractivity contribution in [1.29, 1.82) is 0 Å². The minimum atomic E-state index is -3.29. The summed E-state index contributed by atoms with van der Waals surface area (Å²) in [7, 11) is -0.0117. The van der Waals surface area contributed by atoms with Gasteiger partial charge in [0.1, 0.15) is 4.88 Å². The second-order valence-electron chi connectivity index (χ2n) is 6.73. The first kappa shape index (κ1) is 18.1. The quantitative estimate of drug-likeness (QED) is 0.695. The van der Waals surface area contributed by atoms with Gasteiger partial charge in [-0.25, -0.2) is 18.2 Å². The first-order chi connectivity index (χ1) is 11.6. The number of nitrogens with zero attached hydrogens (tertiary/aromatic N) is 4. The van der Waals surface area contributed by atoms with Crippen LogP contribution in [0.3, 0.4) is 0 Å². The number of piperazine rings is 1. The van der Waals surface area contributed by atoms with E-state index in [-0.39, 0.29) is 23.4 Å². The van der Waals surface area contributed by atoms with Gasteiger partial charge in [0.25, 0.3) is 5.91 Å². The molecule has 138 valence electrons. The molecule has 3 amide bonds. The fourth-order valence-corrected chi connectivity index (χ4v) is 6.42. The molecule has 25 heavy (non-hydrogen) atoms. The number of fused-ring (bicyclic) bond motifs is 1. The Labute approximate surface area is 151 Å². The highest BCUT2D eigenvalue weighted by atomic mass is 32.2. The highest BCUT2D eigenvalue weighted by Crippen LogP contribution is 2.30. The van der Waals surface area contributed by atoms with Gasteiger partial charge in [-0.05, 0) is 13.8 Å². The van der Waals surface area contributed by atoms with Crippen LogP contribution in [0.15, 0.2) is 0 Å². The molecule has 2 fully saturated rings. The average Bonchev–Trinajstić information content (AvgIpc) is 3.02. The summed E-state index contributed by atoms with van der Waals surface area (Å²) in [5.74, 6) is -0.383. The molecule has 2 atom stereocenters.